The predicted molar refractivity (Wildman–Crippen MR) is 156 cm³/mol. The van der Waals surface area contributed by atoms with Crippen LogP contribution in [-0.4, -0.2) is 34.6 Å². The molecule has 0 amide bonds. The Morgan fingerprint density at radius 1 is 0.619 bits per heavy atom. The lowest BCUT2D eigenvalue weighted by atomic mass is 10.1. The molecule has 0 bridgehead atoms. The van der Waals surface area contributed by atoms with E-state index in [0.717, 1.165) is 11.6 Å². The Bertz CT molecular complexity index is 2040. The molecule has 0 unspecified atom stereocenters. The number of ether oxygens (including phenoxy) is 2. The standard InChI is InChI=1S/C17H14O8.C15H10O2/c1-23-16-10(20)6-11-12(13(16)21)14(22)17(24-2)15(25-11)7-3-4-8(18)9(19)5-7;16-13-10-15(11-6-2-1-3-7-11)17-14-9-5-4-8-12(13)14/h3-6,18-21H,1-2H3;1-10H. The number of fused-ring (bicyclic) bond motifs is 2. The van der Waals surface area contributed by atoms with Crippen LogP contribution in [0.2, 0.25) is 0 Å². The van der Waals surface area contributed by atoms with Gasteiger partial charge < -0.3 is 38.7 Å². The maximum Gasteiger partial charge on any atom is 0.239 e. The summed E-state index contributed by atoms with van der Waals surface area (Å²) < 4.78 is 21.3. The number of phenols is 4. The number of rotatable bonds is 4. The third kappa shape index (κ3) is 5.04. The molecule has 0 saturated carbocycles. The highest BCUT2D eigenvalue weighted by molar-refractivity contribution is 5.91. The molecule has 10 heteroatoms. The smallest absolute Gasteiger partial charge is 0.239 e. The molecule has 0 radical (unpaired) electrons. The Labute approximate surface area is 237 Å². The number of aromatic hydroxyl groups is 4. The molecule has 6 aromatic rings. The minimum absolute atomic E-state index is 0.00861. The topological polar surface area (TPSA) is 160 Å². The van der Waals surface area contributed by atoms with E-state index in [-0.39, 0.29) is 45.0 Å². The molecular weight excluding hydrogens is 544 g/mol. The average molecular weight is 569 g/mol. The van der Waals surface area contributed by atoms with Crippen molar-refractivity contribution in [3.05, 3.63) is 105 Å². The van der Waals surface area contributed by atoms with Gasteiger partial charge in [0.05, 0.1) is 19.6 Å². The van der Waals surface area contributed by atoms with Crippen molar-refractivity contribution in [1.29, 1.82) is 0 Å². The van der Waals surface area contributed by atoms with Gasteiger partial charge in [-0.3, -0.25) is 9.59 Å². The molecule has 10 nitrogen and oxygen atoms in total. The van der Waals surface area contributed by atoms with E-state index < -0.39 is 22.7 Å². The van der Waals surface area contributed by atoms with Crippen molar-refractivity contribution in [2.24, 2.45) is 0 Å². The summed E-state index contributed by atoms with van der Waals surface area (Å²) in [6, 6.07) is 23.4. The third-order valence-corrected chi connectivity index (χ3v) is 6.39. The first kappa shape index (κ1) is 27.7. The van der Waals surface area contributed by atoms with Gasteiger partial charge in [0.2, 0.25) is 16.9 Å². The van der Waals surface area contributed by atoms with Crippen molar-refractivity contribution in [3.8, 4) is 57.1 Å². The molecule has 6 rings (SSSR count). The first-order valence-electron chi connectivity index (χ1n) is 12.5. The van der Waals surface area contributed by atoms with Crippen molar-refractivity contribution < 1.29 is 38.7 Å². The number of benzene rings is 4. The molecule has 0 aliphatic carbocycles. The van der Waals surface area contributed by atoms with E-state index in [1.807, 2.05) is 48.5 Å². The van der Waals surface area contributed by atoms with E-state index >= 15 is 0 Å². The third-order valence-electron chi connectivity index (χ3n) is 6.39. The molecule has 4 N–H and O–H groups in total. The van der Waals surface area contributed by atoms with Crippen molar-refractivity contribution in [2.45, 2.75) is 0 Å². The normalized spacial score (nSPS) is 10.7. The largest absolute Gasteiger partial charge is 0.504 e. The molecule has 42 heavy (non-hydrogen) atoms. The monoisotopic (exact) mass is 568 g/mol. The average Bonchev–Trinajstić information content (AvgIpc) is 2.99. The van der Waals surface area contributed by atoms with Gasteiger partial charge in [-0.25, -0.2) is 0 Å². The van der Waals surface area contributed by atoms with E-state index in [1.165, 1.54) is 38.5 Å². The highest BCUT2D eigenvalue weighted by Crippen LogP contribution is 2.43. The van der Waals surface area contributed by atoms with E-state index in [2.05, 4.69) is 0 Å². The van der Waals surface area contributed by atoms with Gasteiger partial charge in [-0.1, -0.05) is 42.5 Å². The number of methoxy groups -OCH3 is 2. The van der Waals surface area contributed by atoms with Crippen molar-refractivity contribution in [2.75, 3.05) is 14.2 Å². The van der Waals surface area contributed by atoms with Crippen LogP contribution in [0.5, 0.6) is 34.5 Å². The zero-order chi connectivity index (χ0) is 30.0. The minimum atomic E-state index is -0.692. The number of hydrogen-bond acceptors (Lipinski definition) is 10. The second kappa shape index (κ2) is 11.3. The summed E-state index contributed by atoms with van der Waals surface area (Å²) in [5.41, 5.74) is 0.979. The second-order valence-electron chi connectivity index (χ2n) is 8.98. The van der Waals surface area contributed by atoms with Crippen LogP contribution in [0.1, 0.15) is 0 Å². The van der Waals surface area contributed by atoms with E-state index in [9.17, 15) is 30.0 Å². The van der Waals surface area contributed by atoms with Gasteiger partial charge in [-0.2, -0.15) is 0 Å². The SMILES string of the molecule is COc1c(O)cc2oc(-c3ccc(O)c(O)c3)c(OC)c(=O)c2c1O.O=c1cc(-c2ccccc2)oc2ccccc12. The van der Waals surface area contributed by atoms with Crippen LogP contribution in [0, 0.1) is 0 Å². The van der Waals surface area contributed by atoms with Crippen molar-refractivity contribution >= 4 is 21.9 Å². The van der Waals surface area contributed by atoms with E-state index in [1.54, 1.807) is 6.07 Å². The molecule has 2 heterocycles. The summed E-state index contributed by atoms with van der Waals surface area (Å²) in [5.74, 6) is -1.68. The summed E-state index contributed by atoms with van der Waals surface area (Å²) in [4.78, 5) is 24.6. The van der Waals surface area contributed by atoms with Gasteiger partial charge >= 0.3 is 0 Å². The zero-order valence-electron chi connectivity index (χ0n) is 22.3. The summed E-state index contributed by atoms with van der Waals surface area (Å²) in [6.07, 6.45) is 0. The molecule has 0 fully saturated rings. The first-order chi connectivity index (χ1) is 20.2. The molecular formula is C32H24O10. The number of hydrogen-bond donors (Lipinski definition) is 4. The van der Waals surface area contributed by atoms with Crippen molar-refractivity contribution in [1.82, 2.24) is 0 Å². The van der Waals surface area contributed by atoms with Crippen LogP contribution in [0.4, 0.5) is 0 Å². The van der Waals surface area contributed by atoms with E-state index in [4.69, 9.17) is 18.3 Å². The number of phenolic OH excluding ortho intramolecular Hbond substituents is 4. The van der Waals surface area contributed by atoms with Crippen LogP contribution in [0.25, 0.3) is 44.6 Å². The molecule has 0 aliphatic heterocycles. The Morgan fingerprint density at radius 3 is 2.00 bits per heavy atom. The van der Waals surface area contributed by atoms with Gasteiger partial charge in [0.25, 0.3) is 0 Å². The molecule has 0 saturated heterocycles. The highest BCUT2D eigenvalue weighted by atomic mass is 16.5. The Morgan fingerprint density at radius 2 is 1.31 bits per heavy atom. The molecule has 0 atom stereocenters. The Kier molecular flexibility index (Phi) is 7.44. The predicted octanol–water partition coefficient (Wildman–Crippen LogP) is 5.76. The zero-order valence-corrected chi connectivity index (χ0v) is 22.3. The van der Waals surface area contributed by atoms with Crippen LogP contribution < -0.4 is 20.3 Å². The fourth-order valence-electron chi connectivity index (χ4n) is 4.38. The summed E-state index contributed by atoms with van der Waals surface area (Å²) in [7, 11) is 2.48. The van der Waals surface area contributed by atoms with Gasteiger partial charge in [-0.05, 0) is 30.3 Å². The van der Waals surface area contributed by atoms with Gasteiger partial charge in [0.15, 0.2) is 34.2 Å². The van der Waals surface area contributed by atoms with Crippen LogP contribution in [-0.2, 0) is 0 Å². The Balaban J connectivity index is 0.000000180. The Hall–Kier alpha value is -5.90. The maximum atomic E-state index is 12.7. The molecule has 4 aromatic carbocycles. The summed E-state index contributed by atoms with van der Waals surface area (Å²) in [6.45, 7) is 0. The van der Waals surface area contributed by atoms with Gasteiger partial charge in [0.1, 0.15) is 22.3 Å². The summed E-state index contributed by atoms with van der Waals surface area (Å²) >= 11 is 0. The van der Waals surface area contributed by atoms with Crippen molar-refractivity contribution in [3.63, 3.8) is 0 Å². The van der Waals surface area contributed by atoms with Gasteiger partial charge in [-0.15, -0.1) is 0 Å². The first-order valence-corrected chi connectivity index (χ1v) is 12.5. The molecule has 2 aromatic heterocycles. The molecule has 212 valence electrons. The lowest BCUT2D eigenvalue weighted by molar-refractivity contribution is 0.345. The van der Waals surface area contributed by atoms with Crippen LogP contribution in [0.3, 0.4) is 0 Å². The fourth-order valence-corrected chi connectivity index (χ4v) is 4.38. The fraction of sp³-hybridized carbons (Fsp3) is 0.0625. The van der Waals surface area contributed by atoms with E-state index in [0.29, 0.717) is 16.7 Å². The molecule has 0 aliphatic rings. The number of para-hydroxylation sites is 1. The molecule has 0 spiro atoms. The minimum Gasteiger partial charge on any atom is -0.504 e. The maximum absolute atomic E-state index is 12.7. The lowest BCUT2D eigenvalue weighted by Gasteiger charge is -2.12. The summed E-state index contributed by atoms with van der Waals surface area (Å²) in [5, 5.41) is 39.6. The highest BCUT2D eigenvalue weighted by Gasteiger charge is 2.24. The van der Waals surface area contributed by atoms with Crippen LogP contribution >= 0.6 is 0 Å². The second-order valence-corrected chi connectivity index (χ2v) is 8.98. The lowest BCUT2D eigenvalue weighted by Crippen LogP contribution is -2.08. The van der Waals surface area contributed by atoms with Crippen LogP contribution in [0.15, 0.2) is 103 Å². The quantitative estimate of drug-likeness (QED) is 0.193. The van der Waals surface area contributed by atoms with Gasteiger partial charge in [0, 0.05) is 23.3 Å².